The molecule has 1 rings (SSSR count). The molecule has 0 radical (unpaired) electrons. The summed E-state index contributed by atoms with van der Waals surface area (Å²) in [4.78, 5) is 3.59. The Kier molecular flexibility index (Phi) is 2.54. The van der Waals surface area contributed by atoms with Gasteiger partial charge in [0.1, 0.15) is 11.4 Å². The molecule has 0 atom stereocenters. The molecule has 0 saturated heterocycles. The highest BCUT2D eigenvalue weighted by molar-refractivity contribution is 7.78. The SMILES string of the molecule is N#Cc1ccc(N=C=S)c(O)c1. The van der Waals surface area contributed by atoms with Crippen LogP contribution in [0.4, 0.5) is 5.69 Å². The van der Waals surface area contributed by atoms with Crippen LogP contribution in [0.15, 0.2) is 23.2 Å². The Labute approximate surface area is 74.6 Å². The standard InChI is InChI=1S/C8H4N2OS/c9-4-6-1-2-7(10-5-12)8(11)3-6/h1-3,11H. The Balaban J connectivity index is 3.22. The Bertz CT molecular complexity index is 389. The van der Waals surface area contributed by atoms with Crippen LogP contribution in [0.25, 0.3) is 0 Å². The minimum Gasteiger partial charge on any atom is -0.506 e. The monoisotopic (exact) mass is 176 g/mol. The summed E-state index contributed by atoms with van der Waals surface area (Å²) in [7, 11) is 0. The third-order valence-corrected chi connectivity index (χ3v) is 1.36. The molecule has 0 unspecified atom stereocenters. The zero-order valence-electron chi connectivity index (χ0n) is 5.98. The van der Waals surface area contributed by atoms with Crippen molar-refractivity contribution >= 4 is 23.1 Å². The van der Waals surface area contributed by atoms with Crippen molar-refractivity contribution in [1.29, 1.82) is 5.26 Å². The number of hydrogen-bond acceptors (Lipinski definition) is 4. The number of nitriles is 1. The van der Waals surface area contributed by atoms with Crippen molar-refractivity contribution in [1.82, 2.24) is 0 Å². The van der Waals surface area contributed by atoms with Gasteiger partial charge >= 0.3 is 0 Å². The Morgan fingerprint density at radius 2 is 2.25 bits per heavy atom. The average Bonchev–Trinajstić information content (AvgIpc) is 2.09. The first-order valence-corrected chi connectivity index (χ1v) is 3.49. The van der Waals surface area contributed by atoms with Crippen molar-refractivity contribution < 1.29 is 5.11 Å². The predicted molar refractivity (Wildman–Crippen MR) is 47.5 cm³/mol. The molecule has 0 aliphatic heterocycles. The first kappa shape index (κ1) is 8.41. The zero-order chi connectivity index (χ0) is 8.97. The summed E-state index contributed by atoms with van der Waals surface area (Å²) in [6.45, 7) is 0. The van der Waals surface area contributed by atoms with Gasteiger partial charge in [-0.2, -0.15) is 10.3 Å². The number of benzene rings is 1. The molecule has 0 heterocycles. The van der Waals surface area contributed by atoms with E-state index in [1.165, 1.54) is 12.1 Å². The summed E-state index contributed by atoms with van der Waals surface area (Å²) >= 11 is 4.36. The molecule has 0 aliphatic carbocycles. The molecule has 12 heavy (non-hydrogen) atoms. The largest absolute Gasteiger partial charge is 0.506 e. The molecule has 0 aliphatic rings. The molecule has 1 aromatic carbocycles. The third kappa shape index (κ3) is 1.67. The van der Waals surface area contributed by atoms with Gasteiger partial charge in [-0.3, -0.25) is 0 Å². The van der Waals surface area contributed by atoms with E-state index >= 15 is 0 Å². The first-order chi connectivity index (χ1) is 5.77. The molecule has 0 aromatic heterocycles. The second-order valence-electron chi connectivity index (χ2n) is 2.02. The predicted octanol–water partition coefficient (Wildman–Crippen LogP) is 2.00. The maximum Gasteiger partial charge on any atom is 0.143 e. The van der Waals surface area contributed by atoms with Crippen molar-refractivity contribution in [3.05, 3.63) is 23.8 Å². The summed E-state index contributed by atoms with van der Waals surface area (Å²) in [5.41, 5.74) is 0.708. The van der Waals surface area contributed by atoms with Gasteiger partial charge in [0, 0.05) is 0 Å². The van der Waals surface area contributed by atoms with Crippen LogP contribution in [0.3, 0.4) is 0 Å². The van der Waals surface area contributed by atoms with Gasteiger partial charge in [0.25, 0.3) is 0 Å². The van der Waals surface area contributed by atoms with Crippen LogP contribution < -0.4 is 0 Å². The molecule has 1 aromatic rings. The van der Waals surface area contributed by atoms with E-state index in [-0.39, 0.29) is 5.75 Å². The number of phenolic OH excluding ortho intramolecular Hbond substituents is 1. The van der Waals surface area contributed by atoms with Crippen molar-refractivity contribution in [3.63, 3.8) is 0 Å². The van der Waals surface area contributed by atoms with E-state index < -0.39 is 0 Å². The first-order valence-electron chi connectivity index (χ1n) is 3.09. The summed E-state index contributed by atoms with van der Waals surface area (Å²) in [6, 6.07) is 6.27. The van der Waals surface area contributed by atoms with Crippen LogP contribution in [-0.4, -0.2) is 10.3 Å². The maximum atomic E-state index is 9.22. The van der Waals surface area contributed by atoms with Gasteiger partial charge in [-0.25, -0.2) is 0 Å². The molecule has 0 bridgehead atoms. The van der Waals surface area contributed by atoms with Gasteiger partial charge in [-0.05, 0) is 30.4 Å². The van der Waals surface area contributed by atoms with Crippen molar-refractivity contribution in [3.8, 4) is 11.8 Å². The second-order valence-corrected chi connectivity index (χ2v) is 2.20. The lowest BCUT2D eigenvalue weighted by molar-refractivity contribution is 0.477. The molecule has 0 saturated carbocycles. The van der Waals surface area contributed by atoms with E-state index in [4.69, 9.17) is 5.26 Å². The highest BCUT2D eigenvalue weighted by atomic mass is 32.1. The smallest absolute Gasteiger partial charge is 0.143 e. The molecular formula is C8H4N2OS. The highest BCUT2D eigenvalue weighted by Gasteiger charge is 1.99. The number of thiocarbonyl (C=S) groups is 1. The Morgan fingerprint density at radius 1 is 1.50 bits per heavy atom. The Morgan fingerprint density at radius 3 is 2.75 bits per heavy atom. The second kappa shape index (κ2) is 3.63. The van der Waals surface area contributed by atoms with E-state index in [9.17, 15) is 5.11 Å². The fraction of sp³-hybridized carbons (Fsp3) is 0. The molecule has 0 spiro atoms. The van der Waals surface area contributed by atoms with Crippen LogP contribution in [-0.2, 0) is 0 Å². The number of rotatable bonds is 1. The van der Waals surface area contributed by atoms with Crippen LogP contribution in [0.2, 0.25) is 0 Å². The van der Waals surface area contributed by atoms with Gasteiger partial charge in [0.15, 0.2) is 0 Å². The van der Waals surface area contributed by atoms with Crippen LogP contribution in [0.5, 0.6) is 5.75 Å². The van der Waals surface area contributed by atoms with E-state index in [2.05, 4.69) is 22.4 Å². The van der Waals surface area contributed by atoms with Gasteiger partial charge in [0.2, 0.25) is 0 Å². The van der Waals surface area contributed by atoms with Crippen LogP contribution in [0.1, 0.15) is 5.56 Å². The maximum absolute atomic E-state index is 9.22. The molecule has 1 N–H and O–H groups in total. The highest BCUT2D eigenvalue weighted by Crippen LogP contribution is 2.26. The quantitative estimate of drug-likeness (QED) is 0.526. The Hall–Kier alpha value is -1.69. The number of phenols is 1. The minimum absolute atomic E-state index is 0.0635. The normalized spacial score (nSPS) is 8.25. The van der Waals surface area contributed by atoms with Crippen molar-refractivity contribution in [2.75, 3.05) is 0 Å². The molecular weight excluding hydrogens is 172 g/mol. The summed E-state index contributed by atoms with van der Waals surface area (Å²) in [5.74, 6) is -0.0635. The lowest BCUT2D eigenvalue weighted by Gasteiger charge is -1.95. The number of aliphatic imine (C=N–C) groups is 1. The third-order valence-electron chi connectivity index (χ3n) is 1.27. The van der Waals surface area contributed by atoms with E-state index in [1.807, 2.05) is 6.07 Å². The number of nitrogens with zero attached hydrogens (tertiary/aromatic N) is 2. The molecule has 4 heteroatoms. The van der Waals surface area contributed by atoms with Crippen molar-refractivity contribution in [2.24, 2.45) is 4.99 Å². The average molecular weight is 176 g/mol. The topological polar surface area (TPSA) is 56.4 Å². The summed E-state index contributed by atoms with van der Waals surface area (Å²) < 4.78 is 0. The van der Waals surface area contributed by atoms with Gasteiger partial charge < -0.3 is 5.11 Å². The summed E-state index contributed by atoms with van der Waals surface area (Å²) in [6.07, 6.45) is 0. The van der Waals surface area contributed by atoms with E-state index in [1.54, 1.807) is 6.07 Å². The fourth-order valence-electron chi connectivity index (χ4n) is 0.737. The molecule has 0 amide bonds. The van der Waals surface area contributed by atoms with E-state index in [0.29, 0.717) is 11.3 Å². The fourth-order valence-corrected chi connectivity index (χ4v) is 0.835. The zero-order valence-corrected chi connectivity index (χ0v) is 6.80. The van der Waals surface area contributed by atoms with Crippen LogP contribution in [0, 0.1) is 11.3 Å². The number of hydrogen-bond donors (Lipinski definition) is 1. The minimum atomic E-state index is -0.0635. The molecule has 58 valence electrons. The van der Waals surface area contributed by atoms with E-state index in [0.717, 1.165) is 0 Å². The molecule has 0 fully saturated rings. The van der Waals surface area contributed by atoms with Gasteiger partial charge in [-0.15, -0.1) is 0 Å². The summed E-state index contributed by atoms with van der Waals surface area (Å²) in [5, 5.41) is 19.8. The lowest BCUT2D eigenvalue weighted by Crippen LogP contribution is -1.73. The van der Waals surface area contributed by atoms with Crippen LogP contribution >= 0.6 is 12.2 Å². The molecule has 3 nitrogen and oxygen atoms in total. The number of isothiocyanates is 1. The van der Waals surface area contributed by atoms with Gasteiger partial charge in [-0.1, -0.05) is 0 Å². The van der Waals surface area contributed by atoms with Gasteiger partial charge in [0.05, 0.1) is 16.8 Å². The lowest BCUT2D eigenvalue weighted by atomic mass is 10.2. The number of aromatic hydroxyl groups is 1. The van der Waals surface area contributed by atoms with Crippen molar-refractivity contribution in [2.45, 2.75) is 0 Å².